The van der Waals surface area contributed by atoms with Crippen molar-refractivity contribution in [2.24, 2.45) is 0 Å². The van der Waals surface area contributed by atoms with Crippen LogP contribution in [0, 0.1) is 0 Å². The maximum absolute atomic E-state index is 11.2. The molecule has 0 radical (unpaired) electrons. The maximum Gasteiger partial charge on any atom is 0.304 e. The Morgan fingerprint density at radius 3 is 2.62 bits per heavy atom. The molecule has 0 atom stereocenters. The molecule has 1 heterocycles. The molecule has 1 N–H and O–H groups in total. The summed E-state index contributed by atoms with van der Waals surface area (Å²) in [6.45, 7) is 5.12. The molecule has 4 nitrogen and oxygen atoms in total. The number of aliphatic carboxylic acids is 1. The molecule has 0 bridgehead atoms. The number of fused-ring (bicyclic) bond motifs is 1. The molecule has 1 aliphatic heterocycles. The number of carboxylic acids is 1. The molecule has 114 valence electrons. The largest absolute Gasteiger partial charge is 0.486 e. The van der Waals surface area contributed by atoms with Gasteiger partial charge in [0.25, 0.3) is 0 Å². The molecule has 0 aromatic heterocycles. The van der Waals surface area contributed by atoms with E-state index in [0.717, 1.165) is 24.0 Å². The van der Waals surface area contributed by atoms with Crippen molar-refractivity contribution >= 4 is 17.6 Å². The van der Waals surface area contributed by atoms with Gasteiger partial charge in [0.05, 0.1) is 11.4 Å². The molecule has 1 aliphatic carbocycles. The third-order valence-electron chi connectivity index (χ3n) is 4.30. The number of hydrogen-bond donors (Lipinski definition) is 1. The van der Waals surface area contributed by atoms with Gasteiger partial charge in [-0.05, 0) is 36.0 Å². The van der Waals surface area contributed by atoms with Gasteiger partial charge in [-0.2, -0.15) is 0 Å². The molecule has 0 unspecified atom stereocenters. The van der Waals surface area contributed by atoms with Gasteiger partial charge in [-0.1, -0.05) is 25.4 Å². The predicted molar refractivity (Wildman–Crippen MR) is 79.7 cm³/mol. The number of halogens is 1. The zero-order chi connectivity index (χ0) is 15.2. The zero-order valence-electron chi connectivity index (χ0n) is 12.2. The summed E-state index contributed by atoms with van der Waals surface area (Å²) in [7, 11) is 0. The second kappa shape index (κ2) is 5.09. The first-order valence-corrected chi connectivity index (χ1v) is 7.67. The van der Waals surface area contributed by atoms with E-state index >= 15 is 0 Å². The summed E-state index contributed by atoms with van der Waals surface area (Å²) in [5, 5.41) is 9.78. The summed E-state index contributed by atoms with van der Waals surface area (Å²) < 4.78 is 11.3. The van der Waals surface area contributed by atoms with E-state index in [0.29, 0.717) is 29.7 Å². The Labute approximate surface area is 129 Å². The first-order chi connectivity index (χ1) is 9.94. The summed E-state index contributed by atoms with van der Waals surface area (Å²) in [5.74, 6) is 0.673. The summed E-state index contributed by atoms with van der Waals surface area (Å²) in [4.78, 5) is 11.2. The maximum atomic E-state index is 11.2. The lowest BCUT2D eigenvalue weighted by molar-refractivity contribution is -0.137. The second-order valence-corrected chi connectivity index (χ2v) is 6.56. The van der Waals surface area contributed by atoms with Crippen molar-refractivity contribution in [1.82, 2.24) is 0 Å². The van der Waals surface area contributed by atoms with E-state index in [2.05, 4.69) is 13.8 Å². The number of carbonyl (C=O) groups is 1. The first-order valence-electron chi connectivity index (χ1n) is 7.29. The van der Waals surface area contributed by atoms with Crippen molar-refractivity contribution in [3.8, 4) is 11.5 Å². The lowest BCUT2D eigenvalue weighted by atomic mass is 9.84. The van der Waals surface area contributed by atoms with Crippen LogP contribution in [0.1, 0.15) is 50.2 Å². The van der Waals surface area contributed by atoms with E-state index in [1.165, 1.54) is 0 Å². The van der Waals surface area contributed by atoms with Gasteiger partial charge in [-0.25, -0.2) is 0 Å². The van der Waals surface area contributed by atoms with Crippen molar-refractivity contribution in [3.05, 3.63) is 22.2 Å². The minimum absolute atomic E-state index is 0.142. The Balaban J connectivity index is 2.15. The van der Waals surface area contributed by atoms with E-state index in [-0.39, 0.29) is 17.8 Å². The average Bonchev–Trinajstić information content (AvgIpc) is 3.18. The summed E-state index contributed by atoms with van der Waals surface area (Å²) >= 11 is 6.54. The minimum Gasteiger partial charge on any atom is -0.486 e. The molecule has 0 amide bonds. The van der Waals surface area contributed by atoms with Crippen LogP contribution >= 0.6 is 11.6 Å². The van der Waals surface area contributed by atoms with Crippen LogP contribution in [0.15, 0.2) is 6.07 Å². The monoisotopic (exact) mass is 310 g/mol. The predicted octanol–water partition coefficient (Wildman–Crippen LogP) is 3.74. The molecular weight excluding hydrogens is 292 g/mol. The van der Waals surface area contributed by atoms with Gasteiger partial charge >= 0.3 is 5.97 Å². The topological polar surface area (TPSA) is 55.8 Å². The van der Waals surface area contributed by atoms with Crippen LogP contribution < -0.4 is 9.47 Å². The van der Waals surface area contributed by atoms with E-state index in [4.69, 9.17) is 21.1 Å². The van der Waals surface area contributed by atoms with E-state index in [9.17, 15) is 9.90 Å². The second-order valence-electron chi connectivity index (χ2n) is 6.18. The summed E-state index contributed by atoms with van der Waals surface area (Å²) in [6, 6.07) is 1.95. The number of benzene rings is 1. The average molecular weight is 311 g/mol. The van der Waals surface area contributed by atoms with Gasteiger partial charge in [0, 0.05) is 5.41 Å². The van der Waals surface area contributed by atoms with Gasteiger partial charge in [0.2, 0.25) is 0 Å². The fourth-order valence-corrected chi connectivity index (χ4v) is 3.61. The molecule has 0 saturated heterocycles. The van der Waals surface area contributed by atoms with Crippen LogP contribution in [0.25, 0.3) is 0 Å². The Morgan fingerprint density at radius 2 is 2.05 bits per heavy atom. The van der Waals surface area contributed by atoms with Gasteiger partial charge in [-0.15, -0.1) is 0 Å². The molecule has 1 saturated carbocycles. The Kier molecular flexibility index (Phi) is 3.52. The molecule has 3 rings (SSSR count). The summed E-state index contributed by atoms with van der Waals surface area (Å²) in [5.41, 5.74) is 1.74. The fourth-order valence-electron chi connectivity index (χ4n) is 3.15. The van der Waals surface area contributed by atoms with Crippen molar-refractivity contribution in [2.45, 2.75) is 44.4 Å². The van der Waals surface area contributed by atoms with Crippen molar-refractivity contribution < 1.29 is 19.4 Å². The van der Waals surface area contributed by atoms with Crippen LogP contribution in [0.3, 0.4) is 0 Å². The zero-order valence-corrected chi connectivity index (χ0v) is 13.0. The van der Waals surface area contributed by atoms with E-state index in [1.54, 1.807) is 0 Å². The first kappa shape index (κ1) is 14.5. The number of hydrogen-bond acceptors (Lipinski definition) is 3. The molecule has 1 aromatic carbocycles. The van der Waals surface area contributed by atoms with Crippen LogP contribution in [0.4, 0.5) is 0 Å². The van der Waals surface area contributed by atoms with Crippen molar-refractivity contribution in [2.75, 3.05) is 13.2 Å². The molecule has 1 aromatic rings. The highest BCUT2D eigenvalue weighted by Crippen LogP contribution is 2.57. The van der Waals surface area contributed by atoms with E-state index < -0.39 is 5.97 Å². The lowest BCUT2D eigenvalue weighted by Crippen LogP contribution is -2.20. The van der Waals surface area contributed by atoms with Crippen LogP contribution in [-0.2, 0) is 10.2 Å². The van der Waals surface area contributed by atoms with Gasteiger partial charge < -0.3 is 14.6 Å². The lowest BCUT2D eigenvalue weighted by Gasteiger charge is -2.27. The molecular formula is C16H19ClO4. The number of carboxylic acid groups (broad SMARTS) is 1. The highest BCUT2D eigenvalue weighted by molar-refractivity contribution is 6.33. The SMILES string of the molecule is CC(C)c1c(C2(CC(=O)O)CC2)cc2c(c1Cl)OCCO2. The van der Waals surface area contributed by atoms with Crippen LogP contribution in [-0.4, -0.2) is 24.3 Å². The number of ether oxygens (including phenoxy) is 2. The Morgan fingerprint density at radius 1 is 1.38 bits per heavy atom. The van der Waals surface area contributed by atoms with E-state index in [1.807, 2.05) is 6.07 Å². The van der Waals surface area contributed by atoms with Crippen LogP contribution in [0.2, 0.25) is 5.02 Å². The van der Waals surface area contributed by atoms with Gasteiger partial charge in [0.15, 0.2) is 11.5 Å². The normalized spacial score (nSPS) is 18.7. The molecule has 0 spiro atoms. The van der Waals surface area contributed by atoms with Gasteiger partial charge in [-0.3, -0.25) is 4.79 Å². The fraction of sp³-hybridized carbons (Fsp3) is 0.562. The number of rotatable bonds is 4. The third-order valence-corrected chi connectivity index (χ3v) is 4.68. The molecule has 5 heteroatoms. The van der Waals surface area contributed by atoms with Crippen LogP contribution in [0.5, 0.6) is 11.5 Å². The molecule has 21 heavy (non-hydrogen) atoms. The molecule has 1 fully saturated rings. The Hall–Kier alpha value is -1.42. The van der Waals surface area contributed by atoms with Gasteiger partial charge in [0.1, 0.15) is 13.2 Å². The van der Waals surface area contributed by atoms with Crippen molar-refractivity contribution in [1.29, 1.82) is 0 Å². The summed E-state index contributed by atoms with van der Waals surface area (Å²) in [6.07, 6.45) is 1.91. The third kappa shape index (κ3) is 2.46. The molecule has 2 aliphatic rings. The minimum atomic E-state index is -0.770. The highest BCUT2D eigenvalue weighted by Gasteiger charge is 2.48. The standard InChI is InChI=1S/C16H19ClO4/c1-9(2)13-10(16(3-4-16)8-12(18)19)7-11-15(14(13)17)21-6-5-20-11/h7,9H,3-6,8H2,1-2H3,(H,18,19). The smallest absolute Gasteiger partial charge is 0.304 e. The van der Waals surface area contributed by atoms with Crippen molar-refractivity contribution in [3.63, 3.8) is 0 Å². The highest BCUT2D eigenvalue weighted by atomic mass is 35.5. The quantitative estimate of drug-likeness (QED) is 0.920. The Bertz CT molecular complexity index is 590.